The van der Waals surface area contributed by atoms with Gasteiger partial charge in [0.25, 0.3) is 0 Å². The van der Waals surface area contributed by atoms with Gasteiger partial charge in [0.1, 0.15) is 5.54 Å². The van der Waals surface area contributed by atoms with Crippen molar-refractivity contribution in [3.8, 4) is 6.07 Å². The molecule has 1 aliphatic rings. The molecule has 0 saturated carbocycles. The van der Waals surface area contributed by atoms with Crippen molar-refractivity contribution >= 4 is 10.8 Å². The summed E-state index contributed by atoms with van der Waals surface area (Å²) < 4.78 is 11.2. The summed E-state index contributed by atoms with van der Waals surface area (Å²) in [5.74, 6) is 1.65. The fraction of sp³-hybridized carbons (Fsp3) is 0.929. The zero-order valence-corrected chi connectivity index (χ0v) is 13.1. The molecule has 4 nitrogen and oxygen atoms in total. The third-order valence-electron chi connectivity index (χ3n) is 3.68. The quantitative estimate of drug-likeness (QED) is 0.687. The van der Waals surface area contributed by atoms with Crippen molar-refractivity contribution in [2.24, 2.45) is 0 Å². The average molecular weight is 285 g/mol. The molecule has 1 fully saturated rings. The van der Waals surface area contributed by atoms with E-state index in [-0.39, 0.29) is 5.54 Å². The summed E-state index contributed by atoms with van der Waals surface area (Å²) in [6, 6.07) is 2.39. The first-order chi connectivity index (χ1) is 9.09. The van der Waals surface area contributed by atoms with E-state index >= 15 is 0 Å². The third-order valence-corrected chi connectivity index (χ3v) is 4.96. The Bertz CT molecular complexity index is 319. The van der Waals surface area contributed by atoms with Crippen molar-refractivity contribution in [3.63, 3.8) is 0 Å². The maximum absolute atomic E-state index is 11.2. The molecule has 1 N–H and O–H groups in total. The van der Waals surface area contributed by atoms with E-state index in [1.807, 2.05) is 6.92 Å². The first-order valence-electron chi connectivity index (χ1n) is 7.33. The summed E-state index contributed by atoms with van der Waals surface area (Å²) in [6.45, 7) is 8.03. The van der Waals surface area contributed by atoms with Crippen LogP contribution in [0.1, 0.15) is 39.5 Å². The van der Waals surface area contributed by atoms with Crippen molar-refractivity contribution in [2.75, 3.05) is 37.7 Å². The van der Waals surface area contributed by atoms with Crippen LogP contribution in [0.4, 0.5) is 0 Å². The Morgan fingerprint density at radius 2 is 2.05 bits per heavy atom. The van der Waals surface area contributed by atoms with Gasteiger partial charge in [-0.2, -0.15) is 5.26 Å². The molecular formula is C14H27N3OS. The molecular weight excluding hydrogens is 258 g/mol. The number of unbranched alkanes of at least 4 members (excludes halogenated alkanes) is 1. The van der Waals surface area contributed by atoms with Crippen LogP contribution in [-0.2, 0) is 10.8 Å². The minimum absolute atomic E-state index is 0.376. The Kier molecular flexibility index (Phi) is 7.59. The Balaban J connectivity index is 2.15. The fourth-order valence-corrected chi connectivity index (χ4v) is 3.43. The molecule has 5 heteroatoms. The van der Waals surface area contributed by atoms with Gasteiger partial charge in [-0.1, -0.05) is 6.92 Å². The minimum Gasteiger partial charge on any atom is -0.302 e. The molecule has 1 rings (SSSR count). The predicted molar refractivity (Wildman–Crippen MR) is 80.5 cm³/mol. The molecule has 19 heavy (non-hydrogen) atoms. The van der Waals surface area contributed by atoms with Crippen molar-refractivity contribution in [2.45, 2.75) is 45.1 Å². The van der Waals surface area contributed by atoms with Crippen molar-refractivity contribution in [1.29, 1.82) is 5.26 Å². The van der Waals surface area contributed by atoms with E-state index in [2.05, 4.69) is 23.2 Å². The number of nitrogens with zero attached hydrogens (tertiary/aromatic N) is 2. The molecule has 1 heterocycles. The maximum atomic E-state index is 11.2. The van der Waals surface area contributed by atoms with E-state index in [4.69, 9.17) is 0 Å². The number of nitriles is 1. The molecule has 0 aliphatic carbocycles. The highest BCUT2D eigenvalue weighted by Crippen LogP contribution is 2.13. The van der Waals surface area contributed by atoms with Crippen LogP contribution >= 0.6 is 0 Å². The van der Waals surface area contributed by atoms with Crippen molar-refractivity contribution in [1.82, 2.24) is 10.2 Å². The van der Waals surface area contributed by atoms with Gasteiger partial charge in [0.15, 0.2) is 0 Å². The Morgan fingerprint density at radius 1 is 1.37 bits per heavy atom. The summed E-state index contributed by atoms with van der Waals surface area (Å²) in [4.78, 5) is 2.39. The van der Waals surface area contributed by atoms with E-state index in [9.17, 15) is 9.47 Å². The fourth-order valence-electron chi connectivity index (χ4n) is 2.30. The van der Waals surface area contributed by atoms with Gasteiger partial charge in [-0.25, -0.2) is 0 Å². The van der Waals surface area contributed by atoms with E-state index in [0.717, 1.165) is 63.4 Å². The summed E-state index contributed by atoms with van der Waals surface area (Å²) in [5, 5.41) is 12.6. The lowest BCUT2D eigenvalue weighted by Gasteiger charge is -2.27. The molecule has 0 spiro atoms. The summed E-state index contributed by atoms with van der Waals surface area (Å²) in [5.41, 5.74) is -0.376. The molecule has 1 saturated heterocycles. The van der Waals surface area contributed by atoms with Crippen LogP contribution in [0.5, 0.6) is 0 Å². The van der Waals surface area contributed by atoms with Crippen LogP contribution in [0.25, 0.3) is 0 Å². The van der Waals surface area contributed by atoms with Gasteiger partial charge in [-0.15, -0.1) is 0 Å². The van der Waals surface area contributed by atoms with Gasteiger partial charge >= 0.3 is 0 Å². The third kappa shape index (κ3) is 6.51. The van der Waals surface area contributed by atoms with E-state index in [1.165, 1.54) is 0 Å². The van der Waals surface area contributed by atoms with E-state index < -0.39 is 10.8 Å². The zero-order valence-electron chi connectivity index (χ0n) is 12.3. The maximum Gasteiger partial charge on any atom is 0.103 e. The summed E-state index contributed by atoms with van der Waals surface area (Å²) in [7, 11) is -0.582. The summed E-state index contributed by atoms with van der Waals surface area (Å²) >= 11 is 0. The Labute approximate surface area is 120 Å². The molecule has 0 amide bonds. The Hall–Kier alpha value is -0.440. The normalized spacial score (nSPS) is 20.9. The predicted octanol–water partition coefficient (Wildman–Crippen LogP) is 1.50. The second-order valence-electron chi connectivity index (χ2n) is 5.52. The van der Waals surface area contributed by atoms with Gasteiger partial charge < -0.3 is 4.90 Å². The molecule has 110 valence electrons. The van der Waals surface area contributed by atoms with Crippen LogP contribution in [-0.4, -0.2) is 52.3 Å². The van der Waals surface area contributed by atoms with Crippen LogP contribution < -0.4 is 5.32 Å². The molecule has 0 aromatic heterocycles. The number of rotatable bonds is 8. The molecule has 1 unspecified atom stereocenters. The van der Waals surface area contributed by atoms with Crippen LogP contribution in [0.3, 0.4) is 0 Å². The van der Waals surface area contributed by atoms with Gasteiger partial charge in [0, 0.05) is 35.4 Å². The SMILES string of the molecule is CCCNC(C)(C#N)CCCCN1CCS(=O)CC1. The second-order valence-corrected chi connectivity index (χ2v) is 7.21. The molecule has 1 aliphatic heterocycles. The Morgan fingerprint density at radius 3 is 2.63 bits per heavy atom. The molecule has 0 radical (unpaired) electrons. The highest BCUT2D eigenvalue weighted by atomic mass is 32.2. The summed E-state index contributed by atoms with van der Waals surface area (Å²) in [6.07, 6.45) is 4.16. The van der Waals surface area contributed by atoms with Gasteiger partial charge in [-0.3, -0.25) is 9.53 Å². The van der Waals surface area contributed by atoms with Crippen molar-refractivity contribution < 1.29 is 4.21 Å². The van der Waals surface area contributed by atoms with Gasteiger partial charge in [0.05, 0.1) is 6.07 Å². The number of hydrogen-bond donors (Lipinski definition) is 1. The lowest BCUT2D eigenvalue weighted by molar-refractivity contribution is 0.285. The van der Waals surface area contributed by atoms with Gasteiger partial charge in [0.2, 0.25) is 0 Å². The largest absolute Gasteiger partial charge is 0.302 e. The average Bonchev–Trinajstić information content (AvgIpc) is 2.43. The zero-order chi connectivity index (χ0) is 14.1. The second kappa shape index (κ2) is 8.68. The van der Waals surface area contributed by atoms with Crippen LogP contribution in [0.2, 0.25) is 0 Å². The van der Waals surface area contributed by atoms with E-state index in [0.29, 0.717) is 0 Å². The van der Waals surface area contributed by atoms with E-state index in [1.54, 1.807) is 0 Å². The minimum atomic E-state index is -0.582. The first kappa shape index (κ1) is 16.6. The smallest absolute Gasteiger partial charge is 0.103 e. The standard InChI is InChI=1S/C14H27N3OS/c1-3-7-16-14(2,13-15)6-4-5-8-17-9-11-19(18)12-10-17/h16H,3-12H2,1-2H3. The monoisotopic (exact) mass is 285 g/mol. The first-order valence-corrected chi connectivity index (χ1v) is 8.82. The molecule has 0 aromatic carbocycles. The topological polar surface area (TPSA) is 56.1 Å². The highest BCUT2D eigenvalue weighted by Gasteiger charge is 2.22. The van der Waals surface area contributed by atoms with Crippen molar-refractivity contribution in [3.05, 3.63) is 0 Å². The van der Waals surface area contributed by atoms with Gasteiger partial charge in [-0.05, 0) is 45.7 Å². The molecule has 0 bridgehead atoms. The number of hydrogen-bond acceptors (Lipinski definition) is 4. The lowest BCUT2D eigenvalue weighted by atomic mass is 9.96. The van der Waals surface area contributed by atoms with Crippen LogP contribution in [0, 0.1) is 11.3 Å². The lowest BCUT2D eigenvalue weighted by Crippen LogP contribution is -2.41. The van der Waals surface area contributed by atoms with Crippen LogP contribution in [0.15, 0.2) is 0 Å². The number of nitrogens with one attached hydrogen (secondary N) is 1. The highest BCUT2D eigenvalue weighted by molar-refractivity contribution is 7.85. The molecule has 1 atom stereocenters. The molecule has 0 aromatic rings.